The summed E-state index contributed by atoms with van der Waals surface area (Å²) < 4.78 is 22.6. The van der Waals surface area contributed by atoms with E-state index in [1.807, 2.05) is 0 Å². The molecule has 0 amide bonds. The molecule has 3 rings (SSSR count). The Kier molecular flexibility index (Phi) is 5.68. The van der Waals surface area contributed by atoms with E-state index in [9.17, 15) is 19.5 Å². The highest BCUT2D eigenvalue weighted by Crippen LogP contribution is 2.49. The second-order valence-electron chi connectivity index (χ2n) is 8.44. The molecule has 3 heterocycles. The van der Waals surface area contributed by atoms with Crippen molar-refractivity contribution in [1.29, 1.82) is 0 Å². The van der Waals surface area contributed by atoms with E-state index in [4.69, 9.17) is 18.9 Å². The van der Waals surface area contributed by atoms with Gasteiger partial charge in [0.2, 0.25) is 5.79 Å². The molecule has 8 heteroatoms. The van der Waals surface area contributed by atoms with Crippen LogP contribution in [0.25, 0.3) is 0 Å². The van der Waals surface area contributed by atoms with Gasteiger partial charge in [0.05, 0.1) is 11.5 Å². The number of rotatable bonds is 3. The molecule has 3 aliphatic rings. The minimum Gasteiger partial charge on any atom is -0.458 e. The molecule has 0 spiro atoms. The maximum Gasteiger partial charge on any atom is 0.334 e. The second kappa shape index (κ2) is 7.67. The first-order chi connectivity index (χ1) is 13.9. The van der Waals surface area contributed by atoms with Crippen LogP contribution in [-0.2, 0) is 33.3 Å². The Morgan fingerprint density at radius 3 is 2.57 bits per heavy atom. The lowest BCUT2D eigenvalue weighted by molar-refractivity contribution is -0.231. The summed E-state index contributed by atoms with van der Waals surface area (Å²) in [6, 6.07) is 0. The molecule has 30 heavy (non-hydrogen) atoms. The SMILES string of the molecule is C=C1C(=O)O[C@@H]2/C=C(/C)[C@]3(O)O[C@@](C)(C[C@@H]3OC(C)=O)C[C@@H](OC(=O)/C(C)=C/C)[C@@H]12. The van der Waals surface area contributed by atoms with Crippen LogP contribution in [0.4, 0.5) is 0 Å². The number of allylic oxidation sites excluding steroid dienone is 1. The Hall–Kier alpha value is -2.45. The van der Waals surface area contributed by atoms with Gasteiger partial charge in [-0.15, -0.1) is 0 Å². The van der Waals surface area contributed by atoms with Crippen LogP contribution in [0.2, 0.25) is 0 Å². The van der Waals surface area contributed by atoms with Gasteiger partial charge in [-0.25, -0.2) is 9.59 Å². The van der Waals surface area contributed by atoms with Gasteiger partial charge >= 0.3 is 17.9 Å². The van der Waals surface area contributed by atoms with E-state index in [0.717, 1.165) is 0 Å². The van der Waals surface area contributed by atoms with Crippen LogP contribution in [0.3, 0.4) is 0 Å². The Morgan fingerprint density at radius 2 is 1.97 bits per heavy atom. The standard InChI is InChI=1S/C22H28O8/c1-7-11(2)19(24)29-16-9-21(6)10-17(27-14(5)23)22(26,30-21)12(3)8-15-18(16)13(4)20(25)28-15/h7-8,15-18,26H,4,9-10H2,1-3,5-6H3/b11-7+,12-8-/t15-,16-,17+,18+,21-,22+/m1/s1. The van der Waals surface area contributed by atoms with Crippen molar-refractivity contribution >= 4 is 17.9 Å². The second-order valence-corrected chi connectivity index (χ2v) is 8.44. The molecule has 0 aromatic heterocycles. The zero-order chi connectivity index (χ0) is 22.4. The van der Waals surface area contributed by atoms with E-state index in [1.165, 1.54) is 6.92 Å². The maximum atomic E-state index is 12.5. The van der Waals surface area contributed by atoms with Gasteiger partial charge in [-0.3, -0.25) is 4.79 Å². The van der Waals surface area contributed by atoms with Crippen molar-refractivity contribution in [2.75, 3.05) is 0 Å². The van der Waals surface area contributed by atoms with Gasteiger partial charge in [-0.05, 0) is 39.3 Å². The molecular weight excluding hydrogens is 392 g/mol. The molecule has 2 bridgehead atoms. The topological polar surface area (TPSA) is 108 Å². The van der Waals surface area contributed by atoms with Crippen LogP contribution in [0.1, 0.15) is 47.5 Å². The van der Waals surface area contributed by atoms with Crippen LogP contribution in [0.15, 0.2) is 35.5 Å². The van der Waals surface area contributed by atoms with Crippen molar-refractivity contribution < 1.29 is 38.4 Å². The van der Waals surface area contributed by atoms with Crippen molar-refractivity contribution in [2.45, 2.75) is 77.2 Å². The molecule has 0 aliphatic carbocycles. The lowest BCUT2D eigenvalue weighted by Gasteiger charge is -2.32. The predicted octanol–water partition coefficient (Wildman–Crippen LogP) is 2.11. The summed E-state index contributed by atoms with van der Waals surface area (Å²) in [6.45, 7) is 11.8. The van der Waals surface area contributed by atoms with Crippen LogP contribution < -0.4 is 0 Å². The van der Waals surface area contributed by atoms with E-state index in [1.54, 1.807) is 39.8 Å². The minimum atomic E-state index is -1.89. The zero-order valence-corrected chi connectivity index (χ0v) is 17.9. The molecule has 0 saturated carbocycles. The quantitative estimate of drug-likeness (QED) is 0.320. The minimum absolute atomic E-state index is 0.147. The first-order valence-corrected chi connectivity index (χ1v) is 9.92. The third kappa shape index (κ3) is 3.81. The average Bonchev–Trinajstić information content (AvgIpc) is 3.06. The molecule has 1 N–H and O–H groups in total. The highest BCUT2D eigenvalue weighted by atomic mass is 16.7. The first-order valence-electron chi connectivity index (χ1n) is 9.92. The van der Waals surface area contributed by atoms with E-state index < -0.39 is 53.5 Å². The Morgan fingerprint density at radius 1 is 1.30 bits per heavy atom. The van der Waals surface area contributed by atoms with Gasteiger partial charge in [0.1, 0.15) is 12.2 Å². The number of esters is 3. The summed E-state index contributed by atoms with van der Waals surface area (Å²) >= 11 is 0. The van der Waals surface area contributed by atoms with Gasteiger partial charge in [0.25, 0.3) is 0 Å². The number of ether oxygens (including phenoxy) is 4. The Bertz CT molecular complexity index is 855. The van der Waals surface area contributed by atoms with E-state index in [2.05, 4.69) is 6.58 Å². The predicted molar refractivity (Wildman–Crippen MR) is 105 cm³/mol. The molecule has 2 fully saturated rings. The number of aliphatic hydroxyl groups is 1. The normalized spacial score (nSPS) is 40.3. The molecule has 164 valence electrons. The third-order valence-corrected chi connectivity index (χ3v) is 6.05. The highest BCUT2D eigenvalue weighted by molar-refractivity contribution is 5.92. The van der Waals surface area contributed by atoms with Gasteiger partial charge in [0, 0.05) is 30.9 Å². The van der Waals surface area contributed by atoms with Gasteiger partial charge in [-0.1, -0.05) is 12.7 Å². The molecule has 0 aromatic carbocycles. The van der Waals surface area contributed by atoms with Crippen LogP contribution >= 0.6 is 0 Å². The van der Waals surface area contributed by atoms with Crippen molar-refractivity contribution in [3.63, 3.8) is 0 Å². The largest absolute Gasteiger partial charge is 0.458 e. The molecule has 0 radical (unpaired) electrons. The number of carbonyl (C=O) groups excluding carboxylic acids is 3. The highest BCUT2D eigenvalue weighted by Gasteiger charge is 2.60. The van der Waals surface area contributed by atoms with Crippen LogP contribution in [0.5, 0.6) is 0 Å². The van der Waals surface area contributed by atoms with E-state index >= 15 is 0 Å². The summed E-state index contributed by atoms with van der Waals surface area (Å²) in [5, 5.41) is 11.3. The summed E-state index contributed by atoms with van der Waals surface area (Å²) in [4.78, 5) is 36.4. The van der Waals surface area contributed by atoms with Crippen molar-refractivity contribution in [3.05, 3.63) is 35.5 Å². The Balaban J connectivity index is 2.07. The Labute approximate surface area is 175 Å². The smallest absolute Gasteiger partial charge is 0.334 e. The summed E-state index contributed by atoms with van der Waals surface area (Å²) in [5.74, 6) is -4.18. The fourth-order valence-corrected chi connectivity index (χ4v) is 4.36. The van der Waals surface area contributed by atoms with Crippen LogP contribution in [-0.4, -0.2) is 52.7 Å². The first kappa shape index (κ1) is 22.2. The van der Waals surface area contributed by atoms with Crippen molar-refractivity contribution in [1.82, 2.24) is 0 Å². The number of fused-ring (bicyclic) bond motifs is 3. The van der Waals surface area contributed by atoms with Gasteiger partial charge in [0.15, 0.2) is 6.10 Å². The maximum absolute atomic E-state index is 12.5. The monoisotopic (exact) mass is 420 g/mol. The van der Waals surface area contributed by atoms with Crippen LogP contribution in [0, 0.1) is 5.92 Å². The van der Waals surface area contributed by atoms with E-state index in [-0.39, 0.29) is 18.4 Å². The number of hydrogen-bond acceptors (Lipinski definition) is 8. The molecular formula is C22H28O8. The fourth-order valence-electron chi connectivity index (χ4n) is 4.36. The third-order valence-electron chi connectivity index (χ3n) is 6.05. The summed E-state index contributed by atoms with van der Waals surface area (Å²) in [5.41, 5.74) is -0.0447. The van der Waals surface area contributed by atoms with Crippen molar-refractivity contribution in [3.8, 4) is 0 Å². The van der Waals surface area contributed by atoms with E-state index in [0.29, 0.717) is 11.1 Å². The fraction of sp³-hybridized carbons (Fsp3) is 0.591. The summed E-state index contributed by atoms with van der Waals surface area (Å²) in [7, 11) is 0. The average molecular weight is 420 g/mol. The lowest BCUT2D eigenvalue weighted by atomic mass is 9.81. The molecule has 0 unspecified atom stereocenters. The number of hydrogen-bond donors (Lipinski definition) is 1. The molecule has 6 atom stereocenters. The molecule has 2 saturated heterocycles. The number of carbonyl (C=O) groups is 3. The van der Waals surface area contributed by atoms with Gasteiger partial charge < -0.3 is 24.1 Å². The molecule has 3 aliphatic heterocycles. The molecule has 0 aromatic rings. The van der Waals surface area contributed by atoms with Gasteiger partial charge in [-0.2, -0.15) is 0 Å². The lowest BCUT2D eigenvalue weighted by Crippen LogP contribution is -2.43. The zero-order valence-electron chi connectivity index (χ0n) is 17.9. The summed E-state index contributed by atoms with van der Waals surface area (Å²) in [6.07, 6.45) is 0.954. The van der Waals surface area contributed by atoms with Crippen molar-refractivity contribution in [2.24, 2.45) is 5.92 Å². The molecule has 8 nitrogen and oxygen atoms in total.